The highest BCUT2D eigenvalue weighted by molar-refractivity contribution is 6.51. The number of rotatable bonds is 7. The van der Waals surface area contributed by atoms with Crippen LogP contribution in [-0.2, 0) is 9.59 Å². The first-order valence-electron chi connectivity index (χ1n) is 12.4. The molecule has 3 aromatic carbocycles. The zero-order valence-electron chi connectivity index (χ0n) is 22.2. The maximum Gasteiger partial charge on any atom is 0.300 e. The minimum atomic E-state index is -0.812. The molecule has 0 bridgehead atoms. The number of ether oxygens (including phenoxy) is 2. The first-order valence-corrected chi connectivity index (χ1v) is 12.4. The van der Waals surface area contributed by atoms with Crippen LogP contribution in [0.3, 0.4) is 0 Å². The van der Waals surface area contributed by atoms with Crippen molar-refractivity contribution in [2.75, 3.05) is 18.6 Å². The van der Waals surface area contributed by atoms with Crippen LogP contribution in [-0.4, -0.2) is 30.5 Å². The Balaban J connectivity index is 1.90. The Labute approximate surface area is 218 Å². The highest BCUT2D eigenvalue weighted by atomic mass is 16.5. The van der Waals surface area contributed by atoms with E-state index >= 15 is 0 Å². The fourth-order valence-corrected chi connectivity index (χ4v) is 4.77. The number of aliphatic hydroxyl groups excluding tert-OH is 1. The summed E-state index contributed by atoms with van der Waals surface area (Å²) in [5.41, 5.74) is 4.37. The quantitative estimate of drug-likeness (QED) is 0.235. The molecule has 0 saturated carbocycles. The molecule has 0 aliphatic carbocycles. The third kappa shape index (κ3) is 5.10. The number of hydrogen-bond acceptors (Lipinski definition) is 5. The maximum atomic E-state index is 13.5. The normalized spacial score (nSPS) is 16.9. The molecule has 1 fully saturated rings. The lowest BCUT2D eigenvalue weighted by Crippen LogP contribution is -2.29. The molecule has 1 unspecified atom stereocenters. The molecule has 1 aliphatic heterocycles. The second-order valence-corrected chi connectivity index (χ2v) is 9.94. The maximum absolute atomic E-state index is 13.5. The Bertz CT molecular complexity index is 1370. The van der Waals surface area contributed by atoms with Gasteiger partial charge in [-0.05, 0) is 73.7 Å². The molecule has 1 heterocycles. The van der Waals surface area contributed by atoms with Crippen molar-refractivity contribution in [3.8, 4) is 11.5 Å². The van der Waals surface area contributed by atoms with Crippen LogP contribution in [0.5, 0.6) is 11.5 Å². The number of methoxy groups -OCH3 is 1. The van der Waals surface area contributed by atoms with Gasteiger partial charge in [0.15, 0.2) is 0 Å². The Kier molecular flexibility index (Phi) is 7.39. The number of benzene rings is 3. The fraction of sp³-hybridized carbons (Fsp3) is 0.290. The van der Waals surface area contributed by atoms with Crippen molar-refractivity contribution in [2.24, 2.45) is 5.92 Å². The summed E-state index contributed by atoms with van der Waals surface area (Å²) in [6.45, 7) is 10.4. The highest BCUT2D eigenvalue weighted by Gasteiger charge is 2.47. The van der Waals surface area contributed by atoms with Crippen LogP contribution in [0, 0.1) is 26.7 Å². The summed E-state index contributed by atoms with van der Waals surface area (Å²) in [5.74, 6) is -0.184. The van der Waals surface area contributed by atoms with Crippen molar-refractivity contribution in [3.63, 3.8) is 0 Å². The minimum Gasteiger partial charge on any atom is -0.507 e. The van der Waals surface area contributed by atoms with Crippen molar-refractivity contribution in [1.29, 1.82) is 0 Å². The van der Waals surface area contributed by atoms with Gasteiger partial charge in [-0.25, -0.2) is 0 Å². The SMILES string of the molecule is COc1c(C)cc(C)cc1/C(O)=C1\C(=O)C(=O)N(c2ccc(OCC(C)C)cc2)C1c1cccc(C)c1. The lowest BCUT2D eigenvalue weighted by molar-refractivity contribution is -0.132. The van der Waals surface area contributed by atoms with Gasteiger partial charge in [0.05, 0.1) is 30.9 Å². The van der Waals surface area contributed by atoms with Gasteiger partial charge in [-0.3, -0.25) is 14.5 Å². The van der Waals surface area contributed by atoms with E-state index in [2.05, 4.69) is 13.8 Å². The molecule has 4 rings (SSSR count). The van der Waals surface area contributed by atoms with Gasteiger partial charge in [0, 0.05) is 5.69 Å². The summed E-state index contributed by atoms with van der Waals surface area (Å²) in [6.07, 6.45) is 0. The summed E-state index contributed by atoms with van der Waals surface area (Å²) < 4.78 is 11.4. The molecule has 0 aromatic heterocycles. The number of nitrogens with zero attached hydrogens (tertiary/aromatic N) is 1. The van der Waals surface area contributed by atoms with Gasteiger partial charge in [0.25, 0.3) is 11.7 Å². The monoisotopic (exact) mass is 499 g/mol. The number of Topliss-reactive ketones (excluding diaryl/α,β-unsaturated/α-hetero) is 1. The summed E-state index contributed by atoms with van der Waals surface area (Å²) in [5, 5.41) is 11.6. The smallest absolute Gasteiger partial charge is 0.300 e. The summed E-state index contributed by atoms with van der Waals surface area (Å²) in [7, 11) is 1.52. The third-order valence-electron chi connectivity index (χ3n) is 6.38. The number of carbonyl (C=O) groups excluding carboxylic acids is 2. The van der Waals surface area contributed by atoms with E-state index in [0.717, 1.165) is 22.3 Å². The van der Waals surface area contributed by atoms with Crippen LogP contribution in [0.1, 0.15) is 47.7 Å². The summed E-state index contributed by atoms with van der Waals surface area (Å²) in [6, 6.07) is 17.6. The van der Waals surface area contributed by atoms with Gasteiger partial charge in [0.2, 0.25) is 0 Å². The van der Waals surface area contributed by atoms with Gasteiger partial charge >= 0.3 is 0 Å². The fourth-order valence-electron chi connectivity index (χ4n) is 4.77. The van der Waals surface area contributed by atoms with Crippen molar-refractivity contribution in [2.45, 2.75) is 40.7 Å². The van der Waals surface area contributed by atoms with E-state index in [4.69, 9.17) is 9.47 Å². The van der Waals surface area contributed by atoms with Crippen LogP contribution < -0.4 is 14.4 Å². The van der Waals surface area contributed by atoms with Gasteiger partial charge in [-0.1, -0.05) is 49.7 Å². The van der Waals surface area contributed by atoms with Crippen molar-refractivity contribution < 1.29 is 24.2 Å². The predicted octanol–water partition coefficient (Wildman–Crippen LogP) is 6.28. The average Bonchev–Trinajstić information content (AvgIpc) is 3.12. The van der Waals surface area contributed by atoms with E-state index in [9.17, 15) is 14.7 Å². The summed E-state index contributed by atoms with van der Waals surface area (Å²) in [4.78, 5) is 28.4. The Morgan fingerprint density at radius 2 is 1.68 bits per heavy atom. The molecule has 37 heavy (non-hydrogen) atoms. The molecule has 1 aliphatic rings. The molecule has 1 amide bonds. The number of aryl methyl sites for hydroxylation is 3. The number of aliphatic hydroxyl groups is 1. The van der Waals surface area contributed by atoms with E-state index in [1.165, 1.54) is 12.0 Å². The average molecular weight is 500 g/mol. The number of hydrogen-bond donors (Lipinski definition) is 1. The second kappa shape index (κ2) is 10.5. The molecule has 6 nitrogen and oxygen atoms in total. The third-order valence-corrected chi connectivity index (χ3v) is 6.38. The Morgan fingerprint density at radius 3 is 2.30 bits per heavy atom. The minimum absolute atomic E-state index is 0.0269. The van der Waals surface area contributed by atoms with E-state index in [1.807, 2.05) is 51.1 Å². The molecule has 1 N–H and O–H groups in total. The highest BCUT2D eigenvalue weighted by Crippen LogP contribution is 2.44. The van der Waals surface area contributed by atoms with Gasteiger partial charge in [-0.15, -0.1) is 0 Å². The lowest BCUT2D eigenvalue weighted by atomic mass is 9.93. The van der Waals surface area contributed by atoms with E-state index in [-0.39, 0.29) is 11.3 Å². The standard InChI is InChI=1S/C31H33NO5/c1-18(2)17-37-24-12-10-23(11-13-24)32-27(22-9-7-8-19(3)15-22)26(29(34)31(32)35)28(33)25-16-20(4)14-21(5)30(25)36-6/h7-16,18,27,33H,17H2,1-6H3/b28-26+. The molecule has 1 saturated heterocycles. The number of amides is 1. The van der Waals surface area contributed by atoms with Crippen LogP contribution in [0.4, 0.5) is 5.69 Å². The van der Waals surface area contributed by atoms with Crippen LogP contribution in [0.25, 0.3) is 5.76 Å². The summed E-state index contributed by atoms with van der Waals surface area (Å²) >= 11 is 0. The Morgan fingerprint density at radius 1 is 0.973 bits per heavy atom. The first kappa shape index (κ1) is 26.0. The molecular weight excluding hydrogens is 466 g/mol. The van der Waals surface area contributed by atoms with E-state index < -0.39 is 17.7 Å². The lowest BCUT2D eigenvalue weighted by Gasteiger charge is -2.26. The van der Waals surface area contributed by atoms with Gasteiger partial charge in [0.1, 0.15) is 17.3 Å². The van der Waals surface area contributed by atoms with Crippen molar-refractivity contribution >= 4 is 23.1 Å². The van der Waals surface area contributed by atoms with Gasteiger partial charge in [-0.2, -0.15) is 0 Å². The molecule has 1 atom stereocenters. The molecular formula is C31H33NO5. The van der Waals surface area contributed by atoms with E-state index in [1.54, 1.807) is 30.3 Å². The van der Waals surface area contributed by atoms with E-state index in [0.29, 0.717) is 35.3 Å². The molecule has 192 valence electrons. The van der Waals surface area contributed by atoms with Crippen molar-refractivity contribution in [1.82, 2.24) is 0 Å². The predicted molar refractivity (Wildman–Crippen MR) is 145 cm³/mol. The van der Waals surface area contributed by atoms with Crippen LogP contribution in [0.2, 0.25) is 0 Å². The Hall–Kier alpha value is -4.06. The largest absolute Gasteiger partial charge is 0.507 e. The first-order chi connectivity index (χ1) is 17.6. The molecule has 0 radical (unpaired) electrons. The van der Waals surface area contributed by atoms with Crippen LogP contribution >= 0.6 is 0 Å². The number of anilines is 1. The zero-order valence-corrected chi connectivity index (χ0v) is 22.2. The molecule has 3 aromatic rings. The number of carbonyl (C=O) groups is 2. The zero-order chi connectivity index (χ0) is 26.9. The molecule has 6 heteroatoms. The van der Waals surface area contributed by atoms with Crippen LogP contribution in [0.15, 0.2) is 66.2 Å². The topological polar surface area (TPSA) is 76.1 Å². The van der Waals surface area contributed by atoms with Crippen molar-refractivity contribution in [3.05, 3.63) is 94.1 Å². The molecule has 0 spiro atoms. The number of ketones is 1. The second-order valence-electron chi connectivity index (χ2n) is 9.94. The van der Waals surface area contributed by atoms with Gasteiger partial charge < -0.3 is 14.6 Å².